The Balaban J connectivity index is 0.00000300. The molecule has 1 N–H and O–H groups in total. The second kappa shape index (κ2) is 11.7. The molecule has 0 radical (unpaired) electrons. The van der Waals surface area contributed by atoms with Gasteiger partial charge in [0, 0.05) is 38.7 Å². The lowest BCUT2D eigenvalue weighted by molar-refractivity contribution is 0.302. The summed E-state index contributed by atoms with van der Waals surface area (Å²) in [5.74, 6) is 1.67. The summed E-state index contributed by atoms with van der Waals surface area (Å²) >= 11 is 15.7. The highest BCUT2D eigenvalue weighted by atomic mass is 79.9. The molecule has 0 aliphatic heterocycles. The molecule has 154 valence electrons. The first-order chi connectivity index (χ1) is 13.5. The third-order valence-electron chi connectivity index (χ3n) is 4.22. The van der Waals surface area contributed by atoms with Crippen LogP contribution in [-0.4, -0.2) is 7.11 Å². The molecule has 3 aromatic carbocycles. The van der Waals surface area contributed by atoms with Gasteiger partial charge in [0.1, 0.15) is 18.1 Å². The van der Waals surface area contributed by atoms with E-state index in [0.29, 0.717) is 23.2 Å². The van der Waals surface area contributed by atoms with Crippen LogP contribution in [0.3, 0.4) is 0 Å². The van der Waals surface area contributed by atoms with Gasteiger partial charge in [-0.05, 0) is 48.0 Å². The number of halogens is 4. The van der Waals surface area contributed by atoms with E-state index in [1.165, 1.54) is 5.56 Å². The first-order valence-electron chi connectivity index (χ1n) is 8.74. The Labute approximate surface area is 195 Å². The molecule has 3 aromatic rings. The lowest BCUT2D eigenvalue weighted by atomic mass is 10.1. The Morgan fingerprint density at radius 2 is 1.66 bits per heavy atom. The number of benzene rings is 3. The van der Waals surface area contributed by atoms with E-state index in [2.05, 4.69) is 27.3 Å². The van der Waals surface area contributed by atoms with Gasteiger partial charge in [-0.15, -0.1) is 12.4 Å². The van der Waals surface area contributed by atoms with Crippen LogP contribution in [0.15, 0.2) is 65.1 Å². The summed E-state index contributed by atoms with van der Waals surface area (Å²) in [5, 5.41) is 4.67. The van der Waals surface area contributed by atoms with Crippen molar-refractivity contribution in [2.24, 2.45) is 0 Å². The van der Waals surface area contributed by atoms with Gasteiger partial charge in [-0.25, -0.2) is 0 Å². The minimum atomic E-state index is 0. The van der Waals surface area contributed by atoms with Gasteiger partial charge < -0.3 is 14.8 Å². The molecule has 0 spiro atoms. The van der Waals surface area contributed by atoms with E-state index in [4.69, 9.17) is 32.7 Å². The smallest absolute Gasteiger partial charge is 0.124 e. The summed E-state index contributed by atoms with van der Waals surface area (Å²) in [4.78, 5) is 0. The van der Waals surface area contributed by atoms with E-state index < -0.39 is 0 Å². The molecule has 0 saturated carbocycles. The van der Waals surface area contributed by atoms with Crippen LogP contribution in [0.25, 0.3) is 0 Å². The highest BCUT2D eigenvalue weighted by molar-refractivity contribution is 9.10. The predicted octanol–water partition coefficient (Wildman–Crippen LogP) is 7.06. The summed E-state index contributed by atoms with van der Waals surface area (Å²) in [6.07, 6.45) is 0. The number of rotatable bonds is 8. The maximum Gasteiger partial charge on any atom is 0.124 e. The summed E-state index contributed by atoms with van der Waals surface area (Å²) < 4.78 is 12.2. The molecule has 7 heteroatoms. The van der Waals surface area contributed by atoms with Gasteiger partial charge in [-0.1, -0.05) is 57.3 Å². The molecule has 3 rings (SSSR count). The molecule has 29 heavy (non-hydrogen) atoms. The first-order valence-corrected chi connectivity index (χ1v) is 10.3. The van der Waals surface area contributed by atoms with E-state index in [-0.39, 0.29) is 12.4 Å². The molecule has 0 aromatic heterocycles. The third kappa shape index (κ3) is 7.09. The standard InChI is InChI=1S/C22H20BrCl2NO2.ClH/c1-27-20-7-2-15(3-8-20)12-26-13-17-10-18(23)5-9-22(17)28-14-16-4-6-19(24)11-21(16)25;/h2-11,26H,12-14H2,1H3;1H. The van der Waals surface area contributed by atoms with E-state index >= 15 is 0 Å². The van der Waals surface area contributed by atoms with Crippen LogP contribution in [0.2, 0.25) is 10.0 Å². The largest absolute Gasteiger partial charge is 0.497 e. The number of methoxy groups -OCH3 is 1. The Morgan fingerprint density at radius 1 is 0.897 bits per heavy atom. The van der Waals surface area contributed by atoms with Crippen LogP contribution < -0.4 is 14.8 Å². The van der Waals surface area contributed by atoms with E-state index in [9.17, 15) is 0 Å². The highest BCUT2D eigenvalue weighted by Gasteiger charge is 2.08. The van der Waals surface area contributed by atoms with Crippen molar-refractivity contribution in [3.8, 4) is 11.5 Å². The number of hydrogen-bond donors (Lipinski definition) is 1. The van der Waals surface area contributed by atoms with Gasteiger partial charge in [-0.2, -0.15) is 0 Å². The molecule has 0 heterocycles. The zero-order valence-corrected chi connectivity index (χ0v) is 19.7. The Morgan fingerprint density at radius 3 is 2.34 bits per heavy atom. The highest BCUT2D eigenvalue weighted by Crippen LogP contribution is 2.26. The topological polar surface area (TPSA) is 30.5 Å². The van der Waals surface area contributed by atoms with Crippen molar-refractivity contribution >= 4 is 51.5 Å². The second-order valence-electron chi connectivity index (χ2n) is 6.23. The lowest BCUT2D eigenvalue weighted by Crippen LogP contribution is -2.13. The number of hydrogen-bond acceptors (Lipinski definition) is 3. The zero-order chi connectivity index (χ0) is 19.9. The molecule has 0 atom stereocenters. The average molecular weight is 518 g/mol. The minimum absolute atomic E-state index is 0. The normalized spacial score (nSPS) is 10.3. The molecule has 0 aliphatic rings. The average Bonchev–Trinajstić information content (AvgIpc) is 2.69. The van der Waals surface area contributed by atoms with Crippen molar-refractivity contribution in [2.75, 3.05) is 7.11 Å². The molecule has 3 nitrogen and oxygen atoms in total. The maximum absolute atomic E-state index is 6.24. The SMILES string of the molecule is COc1ccc(CNCc2cc(Br)ccc2OCc2ccc(Cl)cc2Cl)cc1.Cl. The van der Waals surface area contributed by atoms with Crippen molar-refractivity contribution in [1.29, 1.82) is 0 Å². The Bertz CT molecular complexity index is 936. The van der Waals surface area contributed by atoms with Crippen LogP contribution in [0, 0.1) is 0 Å². The predicted molar refractivity (Wildman–Crippen MR) is 126 cm³/mol. The van der Waals surface area contributed by atoms with Gasteiger partial charge in [-0.3, -0.25) is 0 Å². The first kappa shape index (κ1) is 23.8. The number of ether oxygens (including phenoxy) is 2. The van der Waals surface area contributed by atoms with Crippen LogP contribution in [-0.2, 0) is 19.7 Å². The van der Waals surface area contributed by atoms with Gasteiger partial charge >= 0.3 is 0 Å². The molecule has 0 aliphatic carbocycles. The fraction of sp³-hybridized carbons (Fsp3) is 0.182. The van der Waals surface area contributed by atoms with E-state index in [0.717, 1.165) is 33.6 Å². The molecular weight excluding hydrogens is 497 g/mol. The summed E-state index contributed by atoms with van der Waals surface area (Å²) in [7, 11) is 1.67. The minimum Gasteiger partial charge on any atom is -0.497 e. The van der Waals surface area contributed by atoms with Crippen molar-refractivity contribution < 1.29 is 9.47 Å². The van der Waals surface area contributed by atoms with Crippen molar-refractivity contribution in [3.05, 3.63) is 91.9 Å². The second-order valence-corrected chi connectivity index (χ2v) is 7.99. The monoisotopic (exact) mass is 515 g/mol. The molecule has 0 amide bonds. The third-order valence-corrected chi connectivity index (χ3v) is 5.30. The molecular formula is C22H21BrCl3NO2. The summed E-state index contributed by atoms with van der Waals surface area (Å²) in [5.41, 5.74) is 3.14. The quantitative estimate of drug-likeness (QED) is 0.347. The van der Waals surface area contributed by atoms with Gasteiger partial charge in [0.05, 0.1) is 7.11 Å². The zero-order valence-electron chi connectivity index (χ0n) is 15.8. The van der Waals surface area contributed by atoms with Gasteiger partial charge in [0.15, 0.2) is 0 Å². The molecule has 0 fully saturated rings. The van der Waals surface area contributed by atoms with E-state index in [1.807, 2.05) is 48.5 Å². The van der Waals surface area contributed by atoms with Crippen molar-refractivity contribution in [2.45, 2.75) is 19.7 Å². The van der Waals surface area contributed by atoms with Crippen LogP contribution in [0.4, 0.5) is 0 Å². The maximum atomic E-state index is 6.24. The fourth-order valence-electron chi connectivity index (χ4n) is 2.71. The summed E-state index contributed by atoms with van der Waals surface area (Å²) in [6.45, 7) is 1.80. The van der Waals surface area contributed by atoms with Gasteiger partial charge in [0.25, 0.3) is 0 Å². The summed E-state index contributed by atoms with van der Waals surface area (Å²) in [6, 6.07) is 19.4. The molecule has 0 saturated heterocycles. The van der Waals surface area contributed by atoms with Crippen molar-refractivity contribution in [3.63, 3.8) is 0 Å². The van der Waals surface area contributed by atoms with Crippen LogP contribution in [0.5, 0.6) is 11.5 Å². The van der Waals surface area contributed by atoms with Crippen LogP contribution >= 0.6 is 51.5 Å². The van der Waals surface area contributed by atoms with Crippen LogP contribution in [0.1, 0.15) is 16.7 Å². The number of nitrogens with one attached hydrogen (secondary N) is 1. The Hall–Kier alpha value is -1.43. The van der Waals surface area contributed by atoms with Crippen molar-refractivity contribution in [1.82, 2.24) is 5.32 Å². The molecule has 0 bridgehead atoms. The van der Waals surface area contributed by atoms with E-state index in [1.54, 1.807) is 13.2 Å². The fourth-order valence-corrected chi connectivity index (χ4v) is 3.58. The molecule has 0 unspecified atom stereocenters. The Kier molecular flexibility index (Phi) is 9.60. The lowest BCUT2D eigenvalue weighted by Gasteiger charge is -2.14. The van der Waals surface area contributed by atoms with Gasteiger partial charge in [0.2, 0.25) is 0 Å².